The van der Waals surface area contributed by atoms with Gasteiger partial charge < -0.3 is 34.1 Å². The van der Waals surface area contributed by atoms with Crippen molar-refractivity contribution in [3.8, 4) is 22.5 Å². The van der Waals surface area contributed by atoms with Crippen LogP contribution in [0.1, 0.15) is 90.6 Å². The number of alkyl carbamates (subject to hydrolysis) is 1. The van der Waals surface area contributed by atoms with Gasteiger partial charge in [0, 0.05) is 93.4 Å². The molecule has 6 rings (SSSR count). The molecule has 0 spiro atoms. The number of thiazole rings is 1. The summed E-state index contributed by atoms with van der Waals surface area (Å²) in [7, 11) is 3.20. The normalized spacial score (nSPS) is 16.0. The maximum Gasteiger partial charge on any atom is 0.408 e. The molecule has 4 aromatic rings. The highest BCUT2D eigenvalue weighted by molar-refractivity contribution is 7.10. The third kappa shape index (κ3) is 11.3. The van der Waals surface area contributed by atoms with E-state index in [1.807, 2.05) is 18.5 Å². The summed E-state index contributed by atoms with van der Waals surface area (Å²) in [4.78, 5) is 53.8. The monoisotopic (exact) mass is 874 g/mol. The van der Waals surface area contributed by atoms with Crippen molar-refractivity contribution in [2.75, 3.05) is 65.0 Å². The maximum absolute atomic E-state index is 13.7. The number of aliphatic hydroxyl groups is 1. The number of ether oxygens (including phenoxy) is 3. The van der Waals surface area contributed by atoms with Gasteiger partial charge in [-0.15, -0.1) is 11.3 Å². The quantitative estimate of drug-likeness (QED) is 0.0750. The predicted molar refractivity (Wildman–Crippen MR) is 243 cm³/mol. The van der Waals surface area contributed by atoms with Crippen LogP contribution in [0.2, 0.25) is 0 Å². The van der Waals surface area contributed by atoms with Crippen molar-refractivity contribution in [2.45, 2.75) is 111 Å². The molecule has 15 nitrogen and oxygen atoms in total. The molecule has 1 aliphatic heterocycles. The molecular formula is C46H66N8O7S. The third-order valence-corrected chi connectivity index (χ3v) is 12.4. The molecule has 3 N–H and O–H groups in total. The van der Waals surface area contributed by atoms with Gasteiger partial charge in [-0.2, -0.15) is 0 Å². The molecule has 2 atom stereocenters. The van der Waals surface area contributed by atoms with E-state index >= 15 is 0 Å². The first-order chi connectivity index (χ1) is 29.4. The number of piperazine rings is 1. The highest BCUT2D eigenvalue weighted by Gasteiger charge is 2.33. The van der Waals surface area contributed by atoms with Crippen molar-refractivity contribution in [3.05, 3.63) is 52.1 Å². The van der Waals surface area contributed by atoms with Crippen LogP contribution >= 0.6 is 11.3 Å². The molecule has 2 aliphatic rings. The third-order valence-electron chi connectivity index (χ3n) is 11.5. The second-order valence-electron chi connectivity index (χ2n) is 18.1. The number of hydrogen-bond donors (Lipinski definition) is 3. The number of carbonyl (C=O) groups is 3. The summed E-state index contributed by atoms with van der Waals surface area (Å²) < 4.78 is 18.8. The van der Waals surface area contributed by atoms with E-state index in [0.29, 0.717) is 18.0 Å². The van der Waals surface area contributed by atoms with Gasteiger partial charge in [-0.05, 0) is 90.0 Å². The van der Waals surface area contributed by atoms with E-state index < -0.39 is 35.0 Å². The number of hydrazine groups is 1. The fourth-order valence-electron chi connectivity index (χ4n) is 8.05. The zero-order valence-corrected chi connectivity index (χ0v) is 39.0. The first-order valence-electron chi connectivity index (χ1n) is 21.8. The zero-order chi connectivity index (χ0) is 44.9. The van der Waals surface area contributed by atoms with E-state index in [-0.39, 0.29) is 32.3 Å². The maximum atomic E-state index is 13.7. The average molecular weight is 875 g/mol. The minimum Gasteiger partial charge on any atom is -0.465 e. The number of likely N-dealkylation sites (N-methyl/N-ethyl adjacent to an activating group) is 1. The minimum atomic E-state index is -1.05. The molecule has 4 heterocycles. The highest BCUT2D eigenvalue weighted by atomic mass is 32.1. The van der Waals surface area contributed by atoms with Gasteiger partial charge in [0.2, 0.25) is 0 Å². The first kappa shape index (κ1) is 46.9. The lowest BCUT2D eigenvalue weighted by Gasteiger charge is -2.36. The van der Waals surface area contributed by atoms with E-state index in [9.17, 15) is 19.5 Å². The van der Waals surface area contributed by atoms with E-state index in [0.717, 1.165) is 82.6 Å². The number of amides is 2. The van der Waals surface area contributed by atoms with Crippen LogP contribution in [0.3, 0.4) is 0 Å². The van der Waals surface area contributed by atoms with Gasteiger partial charge >= 0.3 is 12.1 Å². The number of nitrogens with one attached hydrogen (secondary N) is 2. The Morgan fingerprint density at radius 1 is 1.06 bits per heavy atom. The number of esters is 1. The summed E-state index contributed by atoms with van der Waals surface area (Å²) in [5, 5.41) is 18.2. The number of hydrogen-bond acceptors (Lipinski definition) is 13. The Morgan fingerprint density at radius 2 is 1.79 bits per heavy atom. The van der Waals surface area contributed by atoms with Gasteiger partial charge in [0.1, 0.15) is 18.2 Å². The number of nitrogens with zero attached hydrogens (tertiary/aromatic N) is 6. The van der Waals surface area contributed by atoms with Gasteiger partial charge in [0.15, 0.2) is 0 Å². The largest absolute Gasteiger partial charge is 0.465 e. The highest BCUT2D eigenvalue weighted by Crippen LogP contribution is 2.43. The molecular weight excluding hydrogens is 809 g/mol. The van der Waals surface area contributed by atoms with Crippen LogP contribution in [0.4, 0.5) is 10.5 Å². The molecule has 1 saturated carbocycles. The number of aromatic nitrogens is 3. The number of anilines is 1. The molecule has 3 aromatic heterocycles. The average Bonchev–Trinajstić information content (AvgIpc) is 3.92. The second kappa shape index (κ2) is 19.8. The molecule has 1 aliphatic carbocycles. The summed E-state index contributed by atoms with van der Waals surface area (Å²) in [6.45, 7) is 20.0. The Hall–Kier alpha value is -4.61. The van der Waals surface area contributed by atoms with Crippen molar-refractivity contribution < 1.29 is 33.7 Å². The molecule has 0 radical (unpaired) electrons. The van der Waals surface area contributed by atoms with Crippen LogP contribution in [0.5, 0.6) is 0 Å². The number of pyridine rings is 1. The Labute approximate surface area is 370 Å². The van der Waals surface area contributed by atoms with Gasteiger partial charge in [0.05, 0.1) is 46.7 Å². The van der Waals surface area contributed by atoms with Crippen LogP contribution in [0.15, 0.2) is 35.8 Å². The minimum absolute atomic E-state index is 0.00994. The van der Waals surface area contributed by atoms with Crippen molar-refractivity contribution >= 4 is 45.9 Å². The number of methoxy groups -OCH3 is 1. The first-order valence-corrected chi connectivity index (χ1v) is 22.7. The number of carbonyl (C=O) groups excluding carboxylic acids is 3. The summed E-state index contributed by atoms with van der Waals surface area (Å²) in [5.41, 5.74) is 9.40. The van der Waals surface area contributed by atoms with Gasteiger partial charge in [-0.3, -0.25) is 24.5 Å². The SMILES string of the molecule is CCOC(=O)CNN(C)C(=O)[C@H](Cc1nc(-c2ccc3c(c2)c(CC(C)(C)CO)c(-c2cc(N4CCN(C5CC5)CC4)cnc2[C@H](C)OC)n3CC)cs1)NC(=O)OC(C)(C)C. The van der Waals surface area contributed by atoms with Crippen molar-refractivity contribution in [3.63, 3.8) is 0 Å². The zero-order valence-electron chi connectivity index (χ0n) is 38.2. The van der Waals surface area contributed by atoms with Crippen molar-refractivity contribution in [1.29, 1.82) is 0 Å². The molecule has 16 heteroatoms. The predicted octanol–water partition coefficient (Wildman–Crippen LogP) is 6.36. The summed E-state index contributed by atoms with van der Waals surface area (Å²) in [5.74, 6) is -0.994. The topological polar surface area (TPSA) is 164 Å². The van der Waals surface area contributed by atoms with Crippen LogP contribution in [0, 0.1) is 5.41 Å². The molecule has 2 amide bonds. The standard InChI is InChI=1S/C46H66N8O7S/c1-11-54-38-16-13-30(37-27-62-39(49-37)23-36(50-44(58)61-45(4,5)6)43(57)51(9)48-26-40(56)60-12-2)21-33(38)35(24-46(7,8)28-55)42(54)34-22-32(25-47-41(34)29(3)59-10)53-19-17-52(18-20-53)31-14-15-31/h13,16,21-22,25,27,29,31,36,48,55H,11-12,14-15,17-20,23-24,26,28H2,1-10H3,(H,50,58)/t29-,36-/m0/s1. The smallest absolute Gasteiger partial charge is 0.408 e. The summed E-state index contributed by atoms with van der Waals surface area (Å²) in [6.07, 6.45) is 4.30. The fourth-order valence-corrected chi connectivity index (χ4v) is 8.90. The van der Waals surface area contributed by atoms with Gasteiger partial charge in [-0.1, -0.05) is 19.9 Å². The Balaban J connectivity index is 1.37. The Bertz CT molecular complexity index is 2200. The molecule has 0 bridgehead atoms. The number of aryl methyl sites for hydroxylation is 1. The molecule has 1 aromatic carbocycles. The van der Waals surface area contributed by atoms with Crippen LogP contribution in [-0.4, -0.2) is 125 Å². The molecule has 2 fully saturated rings. The summed E-state index contributed by atoms with van der Waals surface area (Å²) in [6, 6.07) is 8.38. The van der Waals surface area contributed by atoms with Crippen molar-refractivity contribution in [2.24, 2.45) is 5.41 Å². The van der Waals surface area contributed by atoms with Gasteiger partial charge in [-0.25, -0.2) is 15.2 Å². The van der Waals surface area contributed by atoms with Crippen LogP contribution in [0.25, 0.3) is 33.4 Å². The van der Waals surface area contributed by atoms with Crippen LogP contribution < -0.4 is 15.6 Å². The van der Waals surface area contributed by atoms with Crippen LogP contribution in [-0.2, 0) is 43.2 Å². The van der Waals surface area contributed by atoms with E-state index in [4.69, 9.17) is 24.2 Å². The van der Waals surface area contributed by atoms with E-state index in [1.54, 1.807) is 34.8 Å². The second-order valence-corrected chi connectivity index (χ2v) is 19.1. The van der Waals surface area contributed by atoms with Gasteiger partial charge in [0.25, 0.3) is 5.91 Å². The number of rotatable bonds is 18. The lowest BCUT2D eigenvalue weighted by Crippen LogP contribution is -2.54. The van der Waals surface area contributed by atoms with E-state index in [2.05, 4.69) is 70.1 Å². The lowest BCUT2D eigenvalue weighted by atomic mass is 9.84. The molecule has 338 valence electrons. The molecule has 62 heavy (non-hydrogen) atoms. The Kier molecular flexibility index (Phi) is 15.0. The van der Waals surface area contributed by atoms with Crippen molar-refractivity contribution in [1.82, 2.24) is 35.2 Å². The lowest BCUT2D eigenvalue weighted by molar-refractivity contribution is -0.144. The number of benzene rings is 1. The van der Waals surface area contributed by atoms with E-state index in [1.165, 1.54) is 36.2 Å². The Morgan fingerprint density at radius 3 is 2.42 bits per heavy atom. The number of aliphatic hydroxyl groups excluding tert-OH is 1. The molecule has 0 unspecified atom stereocenters. The summed E-state index contributed by atoms with van der Waals surface area (Å²) >= 11 is 1.39. The molecule has 1 saturated heterocycles. The number of fused-ring (bicyclic) bond motifs is 1. The fraction of sp³-hybridized carbons (Fsp3) is 0.587.